The van der Waals surface area contributed by atoms with Crippen molar-refractivity contribution in [3.05, 3.63) is 110 Å². The molecule has 0 spiro atoms. The third-order valence-corrected chi connectivity index (χ3v) is 7.51. The van der Waals surface area contributed by atoms with Crippen LogP contribution >= 0.6 is 23.2 Å². The lowest BCUT2D eigenvalue weighted by Gasteiger charge is -2.13. The normalized spacial score (nSPS) is 11.6. The highest BCUT2D eigenvalue weighted by Gasteiger charge is 2.23. The van der Waals surface area contributed by atoms with Gasteiger partial charge in [-0.3, -0.25) is 20.3 Å². The molecule has 12 heteroatoms. The van der Waals surface area contributed by atoms with Crippen molar-refractivity contribution < 1.29 is 13.3 Å². The Morgan fingerprint density at radius 3 is 2.35 bits per heavy atom. The van der Waals surface area contributed by atoms with Gasteiger partial charge in [0.05, 0.1) is 27.5 Å². The van der Waals surface area contributed by atoms with Gasteiger partial charge in [0, 0.05) is 39.8 Å². The van der Waals surface area contributed by atoms with Crippen molar-refractivity contribution in [2.45, 2.75) is 18.7 Å². The number of nitrogens with zero attached hydrogens (tertiary/aromatic N) is 3. The molecule has 190 valence electrons. The van der Waals surface area contributed by atoms with Gasteiger partial charge in [-0.1, -0.05) is 35.3 Å². The Morgan fingerprint density at radius 1 is 0.973 bits per heavy atom. The van der Waals surface area contributed by atoms with Crippen molar-refractivity contribution in [2.24, 2.45) is 5.10 Å². The smallest absolute Gasteiger partial charge is 0.270 e. The maximum Gasteiger partial charge on any atom is 0.270 e. The summed E-state index contributed by atoms with van der Waals surface area (Å²) in [5.74, 6) is 0. The lowest BCUT2D eigenvalue weighted by Crippen LogP contribution is -2.15. The van der Waals surface area contributed by atoms with Crippen LogP contribution in [0.4, 0.5) is 17.1 Å². The third-order valence-electron chi connectivity index (χ3n) is 5.53. The summed E-state index contributed by atoms with van der Waals surface area (Å²) < 4.78 is 30.7. The topological polar surface area (TPSA) is 119 Å². The molecular formula is C25H21Cl2N5O4S. The van der Waals surface area contributed by atoms with Crippen LogP contribution in [0.3, 0.4) is 0 Å². The van der Waals surface area contributed by atoms with E-state index in [9.17, 15) is 18.5 Å². The predicted octanol–water partition coefficient (Wildman–Crippen LogP) is 6.56. The first-order valence-electron chi connectivity index (χ1n) is 10.9. The molecule has 0 aliphatic rings. The van der Waals surface area contributed by atoms with Crippen LogP contribution in [0.1, 0.15) is 17.0 Å². The number of nitrogens with one attached hydrogen (secondary N) is 2. The Labute approximate surface area is 223 Å². The van der Waals surface area contributed by atoms with Crippen molar-refractivity contribution in [3.8, 4) is 5.69 Å². The van der Waals surface area contributed by atoms with Gasteiger partial charge in [0.25, 0.3) is 15.7 Å². The molecule has 0 amide bonds. The number of hydrogen-bond donors (Lipinski definition) is 2. The average Bonchev–Trinajstić information content (AvgIpc) is 3.13. The van der Waals surface area contributed by atoms with Gasteiger partial charge in [0.1, 0.15) is 4.90 Å². The van der Waals surface area contributed by atoms with E-state index in [4.69, 9.17) is 23.2 Å². The summed E-state index contributed by atoms with van der Waals surface area (Å²) in [6.45, 7) is 3.88. The molecule has 2 N–H and O–H groups in total. The van der Waals surface area contributed by atoms with E-state index < -0.39 is 14.9 Å². The van der Waals surface area contributed by atoms with E-state index in [1.54, 1.807) is 30.5 Å². The largest absolute Gasteiger partial charge is 0.318 e. The number of benzene rings is 3. The summed E-state index contributed by atoms with van der Waals surface area (Å²) in [5, 5.41) is 16.3. The molecule has 0 aliphatic heterocycles. The van der Waals surface area contributed by atoms with Crippen molar-refractivity contribution in [1.82, 2.24) is 4.57 Å². The first-order valence-corrected chi connectivity index (χ1v) is 13.1. The fraction of sp³-hybridized carbons (Fsp3) is 0.0800. The number of hydrogen-bond acceptors (Lipinski definition) is 6. The van der Waals surface area contributed by atoms with Gasteiger partial charge in [-0.15, -0.1) is 0 Å². The molecule has 0 atom stereocenters. The van der Waals surface area contributed by atoms with E-state index in [-0.39, 0.29) is 27.0 Å². The Hall–Kier alpha value is -3.86. The number of para-hydroxylation sites is 1. The molecule has 0 saturated heterocycles. The maximum atomic E-state index is 13.2. The summed E-state index contributed by atoms with van der Waals surface area (Å²) >= 11 is 12.1. The number of non-ortho nitro benzene ring substituents is 1. The number of sulfonamides is 1. The van der Waals surface area contributed by atoms with Crippen LogP contribution in [-0.2, 0) is 10.0 Å². The Balaban J connectivity index is 1.65. The van der Waals surface area contributed by atoms with Crippen LogP contribution in [0.15, 0.2) is 82.8 Å². The van der Waals surface area contributed by atoms with Crippen molar-refractivity contribution >= 4 is 56.5 Å². The first-order chi connectivity index (χ1) is 17.6. The number of anilines is 2. The fourth-order valence-corrected chi connectivity index (χ4v) is 5.38. The Bertz CT molecular complexity index is 1620. The second kappa shape index (κ2) is 10.6. The summed E-state index contributed by atoms with van der Waals surface area (Å²) in [4.78, 5) is 10.3. The minimum absolute atomic E-state index is 0.0490. The van der Waals surface area contributed by atoms with E-state index in [0.717, 1.165) is 28.7 Å². The Morgan fingerprint density at radius 2 is 1.68 bits per heavy atom. The standard InChI is InChI=1S/C25H21Cl2N5O4S/c1-16-13-18(17(2)31(16)20-9-7-19(26)8-10-20)15-28-29-24-12-11-21(32(33)34)14-25(24)37(35,36)30-23-6-4-3-5-22(23)27/h3-15,29-30H,1-2H3. The highest BCUT2D eigenvalue weighted by atomic mass is 35.5. The number of halogens is 2. The molecule has 0 bridgehead atoms. The molecule has 1 aromatic heterocycles. The van der Waals surface area contributed by atoms with E-state index >= 15 is 0 Å². The van der Waals surface area contributed by atoms with Gasteiger partial charge in [-0.2, -0.15) is 5.10 Å². The number of aromatic nitrogens is 1. The van der Waals surface area contributed by atoms with Crippen LogP contribution < -0.4 is 10.1 Å². The Kier molecular flexibility index (Phi) is 7.53. The summed E-state index contributed by atoms with van der Waals surface area (Å²) in [7, 11) is -4.26. The minimum Gasteiger partial charge on any atom is -0.318 e. The maximum absolute atomic E-state index is 13.2. The molecule has 0 aliphatic carbocycles. The molecule has 3 aromatic carbocycles. The zero-order chi connectivity index (χ0) is 26.7. The lowest BCUT2D eigenvalue weighted by molar-refractivity contribution is -0.385. The van der Waals surface area contributed by atoms with Gasteiger partial charge in [0.15, 0.2) is 0 Å². The second-order valence-electron chi connectivity index (χ2n) is 8.03. The molecule has 0 saturated carbocycles. The molecule has 0 fully saturated rings. The van der Waals surface area contributed by atoms with Crippen molar-refractivity contribution in [2.75, 3.05) is 10.1 Å². The number of nitro benzene ring substituents is 1. The number of aryl methyl sites for hydroxylation is 1. The second-order valence-corrected chi connectivity index (χ2v) is 10.5. The molecular weight excluding hydrogens is 537 g/mol. The number of rotatable bonds is 8. The van der Waals surface area contributed by atoms with Gasteiger partial charge in [-0.25, -0.2) is 8.42 Å². The van der Waals surface area contributed by atoms with Gasteiger partial charge >= 0.3 is 0 Å². The molecule has 0 radical (unpaired) electrons. The summed E-state index contributed by atoms with van der Waals surface area (Å²) in [6.07, 6.45) is 1.55. The van der Waals surface area contributed by atoms with Crippen molar-refractivity contribution in [1.29, 1.82) is 0 Å². The third kappa shape index (κ3) is 5.77. The SMILES string of the molecule is Cc1cc(C=NNc2ccc([N+](=O)[O-])cc2S(=O)(=O)Nc2ccccc2Cl)c(C)n1-c1ccc(Cl)cc1. The van der Waals surface area contributed by atoms with Gasteiger partial charge in [0.2, 0.25) is 0 Å². The van der Waals surface area contributed by atoms with Crippen LogP contribution in [0.5, 0.6) is 0 Å². The molecule has 1 heterocycles. The van der Waals surface area contributed by atoms with E-state index in [0.29, 0.717) is 5.02 Å². The highest BCUT2D eigenvalue weighted by Crippen LogP contribution is 2.30. The molecule has 0 unspecified atom stereocenters. The van der Waals surface area contributed by atoms with Crippen molar-refractivity contribution in [3.63, 3.8) is 0 Å². The zero-order valence-electron chi connectivity index (χ0n) is 19.6. The molecule has 4 rings (SSSR count). The van der Waals surface area contributed by atoms with Gasteiger partial charge < -0.3 is 4.57 Å². The zero-order valence-corrected chi connectivity index (χ0v) is 22.0. The van der Waals surface area contributed by atoms with Crippen LogP contribution in [0.25, 0.3) is 5.69 Å². The van der Waals surface area contributed by atoms with E-state index in [2.05, 4.69) is 15.2 Å². The van der Waals surface area contributed by atoms with Crippen LogP contribution in [0.2, 0.25) is 10.0 Å². The van der Waals surface area contributed by atoms with Crippen LogP contribution in [0, 0.1) is 24.0 Å². The van der Waals surface area contributed by atoms with Crippen LogP contribution in [-0.4, -0.2) is 24.1 Å². The average molecular weight is 558 g/mol. The first kappa shape index (κ1) is 26.2. The summed E-state index contributed by atoms with van der Waals surface area (Å²) in [5.41, 5.74) is 6.10. The summed E-state index contributed by atoms with van der Waals surface area (Å²) in [6, 6.07) is 19.1. The molecule has 37 heavy (non-hydrogen) atoms. The molecule has 4 aromatic rings. The number of nitro groups is 1. The number of hydrazone groups is 1. The fourth-order valence-electron chi connectivity index (χ4n) is 3.76. The quantitative estimate of drug-likeness (QED) is 0.144. The van der Waals surface area contributed by atoms with E-state index in [1.807, 2.05) is 36.6 Å². The molecule has 9 nitrogen and oxygen atoms in total. The van der Waals surface area contributed by atoms with E-state index in [1.165, 1.54) is 24.3 Å². The van der Waals surface area contributed by atoms with Gasteiger partial charge in [-0.05, 0) is 62.4 Å². The highest BCUT2D eigenvalue weighted by molar-refractivity contribution is 7.93. The minimum atomic E-state index is -4.26. The monoisotopic (exact) mass is 557 g/mol. The lowest BCUT2D eigenvalue weighted by atomic mass is 10.2. The predicted molar refractivity (Wildman–Crippen MR) is 147 cm³/mol.